The lowest BCUT2D eigenvalue weighted by Gasteiger charge is -2.19. The largest absolute Gasteiger partial charge is 0.337 e. The fourth-order valence-electron chi connectivity index (χ4n) is 2.31. The van der Waals surface area contributed by atoms with E-state index in [1.165, 1.54) is 24.3 Å². The van der Waals surface area contributed by atoms with Gasteiger partial charge in [-0.2, -0.15) is 5.10 Å². The summed E-state index contributed by atoms with van der Waals surface area (Å²) >= 11 is 0. The van der Waals surface area contributed by atoms with E-state index in [0.29, 0.717) is 11.4 Å². The maximum atomic E-state index is 13.6. The molecule has 7 nitrogen and oxygen atoms in total. The van der Waals surface area contributed by atoms with Gasteiger partial charge < -0.3 is 9.88 Å². The predicted octanol–water partition coefficient (Wildman–Crippen LogP) is 1.16. The second kappa shape index (κ2) is 6.45. The summed E-state index contributed by atoms with van der Waals surface area (Å²) < 4.78 is 15.3. The van der Waals surface area contributed by atoms with Crippen molar-refractivity contribution in [1.82, 2.24) is 25.1 Å². The molecule has 0 saturated carbocycles. The third-order valence-corrected chi connectivity index (χ3v) is 3.49. The Morgan fingerprint density at radius 2 is 2.17 bits per heavy atom. The highest BCUT2D eigenvalue weighted by Gasteiger charge is 2.22. The molecular formula is C16H14FN5O2. The lowest BCUT2D eigenvalue weighted by Crippen LogP contribution is -2.32. The van der Waals surface area contributed by atoms with Crippen molar-refractivity contribution in [1.29, 1.82) is 0 Å². The van der Waals surface area contributed by atoms with Crippen LogP contribution in [0.1, 0.15) is 27.9 Å². The van der Waals surface area contributed by atoms with Crippen molar-refractivity contribution in [2.24, 2.45) is 7.05 Å². The zero-order chi connectivity index (χ0) is 17.1. The van der Waals surface area contributed by atoms with Crippen LogP contribution in [0.5, 0.6) is 0 Å². The first kappa shape index (κ1) is 15.6. The summed E-state index contributed by atoms with van der Waals surface area (Å²) in [7, 11) is 1.78. The number of hydrogen-bond donors (Lipinski definition) is 2. The Hall–Kier alpha value is -3.29. The van der Waals surface area contributed by atoms with E-state index < -0.39 is 23.3 Å². The van der Waals surface area contributed by atoms with Crippen LogP contribution in [0.2, 0.25) is 0 Å². The molecule has 3 rings (SSSR count). The highest BCUT2D eigenvalue weighted by molar-refractivity contribution is 5.92. The van der Waals surface area contributed by atoms with Gasteiger partial charge in [-0.25, -0.2) is 14.5 Å². The molecule has 0 fully saturated rings. The zero-order valence-corrected chi connectivity index (χ0v) is 12.7. The van der Waals surface area contributed by atoms with Crippen molar-refractivity contribution in [3.05, 3.63) is 82.0 Å². The molecule has 122 valence electrons. The maximum absolute atomic E-state index is 13.6. The van der Waals surface area contributed by atoms with Crippen LogP contribution < -0.4 is 10.9 Å². The van der Waals surface area contributed by atoms with Gasteiger partial charge in [-0.15, -0.1) is 0 Å². The summed E-state index contributed by atoms with van der Waals surface area (Å²) in [4.78, 5) is 27.7. The molecule has 0 aliphatic carbocycles. The predicted molar refractivity (Wildman–Crippen MR) is 83.8 cm³/mol. The molecule has 24 heavy (non-hydrogen) atoms. The number of H-pyrrole nitrogens is 1. The molecule has 3 aromatic rings. The second-order valence-corrected chi connectivity index (χ2v) is 5.16. The van der Waals surface area contributed by atoms with Crippen LogP contribution in [0.3, 0.4) is 0 Å². The first-order chi connectivity index (χ1) is 11.5. The van der Waals surface area contributed by atoms with Gasteiger partial charge >= 0.3 is 0 Å². The third-order valence-electron chi connectivity index (χ3n) is 3.49. The van der Waals surface area contributed by atoms with Gasteiger partial charge in [0.15, 0.2) is 0 Å². The Morgan fingerprint density at radius 1 is 1.33 bits per heavy atom. The summed E-state index contributed by atoms with van der Waals surface area (Å²) in [6, 6.07) is 7.77. The molecule has 1 amide bonds. The highest BCUT2D eigenvalue weighted by atomic mass is 19.1. The molecule has 0 radical (unpaired) electrons. The monoisotopic (exact) mass is 327 g/mol. The number of nitrogens with one attached hydrogen (secondary N) is 2. The highest BCUT2D eigenvalue weighted by Crippen LogP contribution is 2.21. The zero-order valence-electron chi connectivity index (χ0n) is 12.7. The number of rotatable bonds is 4. The van der Waals surface area contributed by atoms with Gasteiger partial charge in [0, 0.05) is 25.5 Å². The van der Waals surface area contributed by atoms with Gasteiger partial charge in [0.25, 0.3) is 11.5 Å². The van der Waals surface area contributed by atoms with E-state index in [9.17, 15) is 14.0 Å². The van der Waals surface area contributed by atoms with Crippen LogP contribution in [0.25, 0.3) is 0 Å². The minimum Gasteiger partial charge on any atom is -0.337 e. The van der Waals surface area contributed by atoms with Gasteiger partial charge in [0.05, 0.1) is 0 Å². The quantitative estimate of drug-likeness (QED) is 0.752. The van der Waals surface area contributed by atoms with Crippen molar-refractivity contribution in [2.75, 3.05) is 0 Å². The molecule has 2 heterocycles. The van der Waals surface area contributed by atoms with Crippen LogP contribution >= 0.6 is 0 Å². The molecule has 0 spiro atoms. The Bertz CT molecular complexity index is 913. The molecule has 1 atom stereocenters. The fraction of sp³-hybridized carbons (Fsp3) is 0.125. The van der Waals surface area contributed by atoms with Crippen LogP contribution in [-0.2, 0) is 7.05 Å². The Morgan fingerprint density at radius 3 is 2.79 bits per heavy atom. The van der Waals surface area contributed by atoms with Crippen molar-refractivity contribution in [3.63, 3.8) is 0 Å². The molecule has 0 bridgehead atoms. The van der Waals surface area contributed by atoms with Gasteiger partial charge in [-0.3, -0.25) is 9.59 Å². The first-order valence-electron chi connectivity index (χ1n) is 7.14. The number of imidazole rings is 1. The number of aromatic amines is 1. The van der Waals surface area contributed by atoms with Crippen molar-refractivity contribution < 1.29 is 9.18 Å². The van der Waals surface area contributed by atoms with Crippen LogP contribution in [0.4, 0.5) is 4.39 Å². The van der Waals surface area contributed by atoms with E-state index in [1.807, 2.05) is 0 Å². The molecule has 1 aromatic carbocycles. The number of halogens is 1. The summed E-state index contributed by atoms with van der Waals surface area (Å²) in [6.45, 7) is 0. The molecule has 8 heteroatoms. The Labute approximate surface area is 136 Å². The second-order valence-electron chi connectivity index (χ2n) is 5.16. The number of nitrogens with zero attached hydrogens (tertiary/aromatic N) is 3. The minimum atomic E-state index is -0.665. The van der Waals surface area contributed by atoms with Crippen molar-refractivity contribution >= 4 is 5.91 Å². The van der Waals surface area contributed by atoms with Crippen LogP contribution in [0.15, 0.2) is 53.6 Å². The summed E-state index contributed by atoms with van der Waals surface area (Å²) in [5.74, 6) is -0.384. The summed E-state index contributed by atoms with van der Waals surface area (Å²) in [6.07, 6.45) is 3.32. The lowest BCUT2D eigenvalue weighted by molar-refractivity contribution is 0.0935. The normalized spacial score (nSPS) is 11.9. The summed E-state index contributed by atoms with van der Waals surface area (Å²) in [5.41, 5.74) is 0.185. The number of aromatic nitrogens is 4. The number of hydrogen-bond acceptors (Lipinski definition) is 4. The molecule has 0 saturated heterocycles. The number of carbonyl (C=O) groups excluding carboxylic acids is 1. The molecule has 2 N–H and O–H groups in total. The average molecular weight is 327 g/mol. The SMILES string of the molecule is Cn1ccnc1[C@@H](NC(=O)c1ccc(=O)[nH]n1)c1cccc(F)c1. The molecule has 0 aliphatic heterocycles. The number of amides is 1. The van der Waals surface area contributed by atoms with Gasteiger partial charge in [-0.1, -0.05) is 12.1 Å². The van der Waals surface area contributed by atoms with E-state index in [1.54, 1.807) is 36.1 Å². The number of benzene rings is 1. The van der Waals surface area contributed by atoms with Crippen LogP contribution in [0, 0.1) is 5.82 Å². The average Bonchev–Trinajstić information content (AvgIpc) is 2.99. The molecule has 2 aromatic heterocycles. The minimum absolute atomic E-state index is 0.0465. The molecular weight excluding hydrogens is 313 g/mol. The maximum Gasteiger partial charge on any atom is 0.272 e. The fourth-order valence-corrected chi connectivity index (χ4v) is 2.31. The van der Waals surface area contributed by atoms with Gasteiger partial charge in [0.1, 0.15) is 23.4 Å². The lowest BCUT2D eigenvalue weighted by atomic mass is 10.1. The summed E-state index contributed by atoms with van der Waals surface area (Å²) in [5, 5.41) is 8.66. The third kappa shape index (κ3) is 3.22. The first-order valence-corrected chi connectivity index (χ1v) is 7.14. The van der Waals surface area contributed by atoms with Crippen molar-refractivity contribution in [2.45, 2.75) is 6.04 Å². The molecule has 0 aliphatic rings. The van der Waals surface area contributed by atoms with Crippen LogP contribution in [-0.4, -0.2) is 25.7 Å². The Kier molecular flexibility index (Phi) is 4.19. The van der Waals surface area contributed by atoms with E-state index >= 15 is 0 Å². The van der Waals surface area contributed by atoms with E-state index in [0.717, 1.165) is 0 Å². The van der Waals surface area contributed by atoms with Gasteiger partial charge in [0.2, 0.25) is 0 Å². The topological polar surface area (TPSA) is 92.7 Å². The standard InChI is InChI=1S/C16H14FN5O2/c1-22-8-7-18-15(22)14(10-3-2-4-11(17)9-10)19-16(24)12-5-6-13(23)21-20-12/h2-9,14H,1H3,(H,19,24)(H,21,23)/t14-/m0/s1. The van der Waals surface area contributed by atoms with E-state index in [4.69, 9.17) is 0 Å². The molecule has 0 unspecified atom stereocenters. The van der Waals surface area contributed by atoms with Crippen molar-refractivity contribution in [3.8, 4) is 0 Å². The smallest absolute Gasteiger partial charge is 0.272 e. The van der Waals surface area contributed by atoms with E-state index in [2.05, 4.69) is 20.5 Å². The van der Waals surface area contributed by atoms with E-state index in [-0.39, 0.29) is 5.69 Å². The Balaban J connectivity index is 1.96. The number of carbonyl (C=O) groups is 1. The number of aryl methyl sites for hydroxylation is 1. The van der Waals surface area contributed by atoms with Gasteiger partial charge in [-0.05, 0) is 23.8 Å².